The predicted octanol–water partition coefficient (Wildman–Crippen LogP) is 3.68. The van der Waals surface area contributed by atoms with Gasteiger partial charge in [-0.15, -0.1) is 17.7 Å². The van der Waals surface area contributed by atoms with Gasteiger partial charge in [-0.3, -0.25) is 0 Å². The van der Waals surface area contributed by atoms with E-state index in [4.69, 9.17) is 0 Å². The first-order valence-corrected chi connectivity index (χ1v) is 5.73. The van der Waals surface area contributed by atoms with Gasteiger partial charge < -0.3 is 0 Å². The third-order valence-corrected chi connectivity index (χ3v) is 3.01. The van der Waals surface area contributed by atoms with Gasteiger partial charge in [0.15, 0.2) is 0 Å². The summed E-state index contributed by atoms with van der Waals surface area (Å²) >= 11 is 4.26. The number of fused-ring (bicyclic) bond motifs is 2. The molecule has 3 rings (SSSR count). The van der Waals surface area contributed by atoms with Gasteiger partial charge >= 0.3 is 0 Å². The van der Waals surface area contributed by atoms with Crippen LogP contribution in [0.4, 0.5) is 0 Å². The molecule has 17 heavy (non-hydrogen) atoms. The Labute approximate surface area is 104 Å². The van der Waals surface area contributed by atoms with Crippen molar-refractivity contribution in [3.05, 3.63) is 54.9 Å². The number of hydrogen-bond acceptors (Lipinski definition) is 3. The summed E-state index contributed by atoms with van der Waals surface area (Å²) in [6.07, 6.45) is 1.77. The molecule has 1 heterocycles. The summed E-state index contributed by atoms with van der Waals surface area (Å²) in [5, 5.41) is 12.6. The maximum atomic E-state index is 4.26. The highest BCUT2D eigenvalue weighted by Gasteiger charge is 2.05. The first-order valence-electron chi connectivity index (χ1n) is 5.28. The normalized spacial score (nSPS) is 10.9. The second-order valence-electron chi connectivity index (χ2n) is 3.93. The fraction of sp³-hybridized carbons (Fsp3) is 0. The van der Waals surface area contributed by atoms with E-state index in [1.54, 1.807) is 6.20 Å². The summed E-state index contributed by atoms with van der Waals surface area (Å²) in [5.74, 6) is 0. The highest BCUT2D eigenvalue weighted by atomic mass is 32.1. The number of nitrogens with zero attached hydrogens (tertiary/aromatic N) is 2. The van der Waals surface area contributed by atoms with E-state index in [0.29, 0.717) is 4.91 Å². The van der Waals surface area contributed by atoms with Crippen molar-refractivity contribution in [1.29, 1.82) is 0 Å². The van der Waals surface area contributed by atoms with Gasteiger partial charge in [0.25, 0.3) is 0 Å². The van der Waals surface area contributed by atoms with Crippen LogP contribution < -0.4 is 0 Å². The standard InChI is InChI=1S/C14H10N2S/c1-9(17)14-13-7-11-5-3-2-4-10(11)6-12(13)8-15-16-14/h2-8,17H,1H2. The van der Waals surface area contributed by atoms with E-state index in [1.165, 1.54) is 10.8 Å². The van der Waals surface area contributed by atoms with Crippen LogP contribution in [-0.2, 0) is 0 Å². The Balaban J connectivity index is 2.47. The number of benzene rings is 2. The molecule has 1 aromatic heterocycles. The van der Waals surface area contributed by atoms with Crippen molar-refractivity contribution in [3.63, 3.8) is 0 Å². The predicted molar refractivity (Wildman–Crippen MR) is 75.1 cm³/mol. The monoisotopic (exact) mass is 238 g/mol. The molecule has 82 valence electrons. The Kier molecular flexibility index (Phi) is 2.34. The topological polar surface area (TPSA) is 25.8 Å². The molecule has 0 bridgehead atoms. The molecule has 0 spiro atoms. The summed E-state index contributed by atoms with van der Waals surface area (Å²) in [6.45, 7) is 3.82. The molecule has 0 N–H and O–H groups in total. The van der Waals surface area contributed by atoms with Crippen LogP contribution in [0.3, 0.4) is 0 Å². The van der Waals surface area contributed by atoms with Gasteiger partial charge in [-0.2, -0.15) is 5.10 Å². The van der Waals surface area contributed by atoms with Crippen LogP contribution in [0.5, 0.6) is 0 Å². The van der Waals surface area contributed by atoms with Crippen molar-refractivity contribution >= 4 is 39.1 Å². The fourth-order valence-electron chi connectivity index (χ4n) is 1.99. The van der Waals surface area contributed by atoms with Crippen molar-refractivity contribution in [2.24, 2.45) is 0 Å². The average Bonchev–Trinajstić information content (AvgIpc) is 2.35. The minimum Gasteiger partial charge on any atom is -0.158 e. The Morgan fingerprint density at radius 2 is 1.76 bits per heavy atom. The SMILES string of the molecule is C=C(S)c1nncc2cc3ccccc3cc12. The molecule has 0 amide bonds. The van der Waals surface area contributed by atoms with E-state index in [0.717, 1.165) is 16.5 Å². The van der Waals surface area contributed by atoms with E-state index in [1.807, 2.05) is 12.1 Å². The van der Waals surface area contributed by atoms with Gasteiger partial charge in [-0.1, -0.05) is 30.8 Å². The third-order valence-electron chi connectivity index (χ3n) is 2.80. The van der Waals surface area contributed by atoms with Gasteiger partial charge in [-0.05, 0) is 22.9 Å². The van der Waals surface area contributed by atoms with E-state index >= 15 is 0 Å². The molecule has 0 saturated carbocycles. The van der Waals surface area contributed by atoms with Crippen LogP contribution in [0, 0.1) is 0 Å². The number of thiol groups is 1. The van der Waals surface area contributed by atoms with E-state index in [2.05, 4.69) is 53.7 Å². The Bertz CT molecular complexity index is 734. The van der Waals surface area contributed by atoms with Crippen molar-refractivity contribution in [2.75, 3.05) is 0 Å². The molecule has 3 aromatic rings. The second-order valence-corrected chi connectivity index (χ2v) is 4.47. The van der Waals surface area contributed by atoms with Gasteiger partial charge in [-0.25, -0.2) is 0 Å². The number of aromatic nitrogens is 2. The maximum absolute atomic E-state index is 4.26. The second kappa shape index (κ2) is 3.86. The molecule has 0 aliphatic heterocycles. The number of hydrogen-bond donors (Lipinski definition) is 1. The zero-order valence-corrected chi connectivity index (χ0v) is 9.98. The summed E-state index contributed by atoms with van der Waals surface area (Å²) < 4.78 is 0. The van der Waals surface area contributed by atoms with E-state index < -0.39 is 0 Å². The third kappa shape index (κ3) is 1.68. The molecule has 2 aromatic carbocycles. The van der Waals surface area contributed by atoms with Gasteiger partial charge in [0.1, 0.15) is 5.69 Å². The summed E-state index contributed by atoms with van der Waals surface area (Å²) in [6, 6.07) is 12.4. The molecule has 0 fully saturated rings. The molecule has 0 saturated heterocycles. The van der Waals surface area contributed by atoms with Gasteiger partial charge in [0.2, 0.25) is 0 Å². The van der Waals surface area contributed by atoms with Crippen LogP contribution in [-0.4, -0.2) is 10.2 Å². The largest absolute Gasteiger partial charge is 0.158 e. The maximum Gasteiger partial charge on any atom is 0.106 e. The van der Waals surface area contributed by atoms with E-state index in [9.17, 15) is 0 Å². The Morgan fingerprint density at radius 1 is 1.06 bits per heavy atom. The highest BCUT2D eigenvalue weighted by Crippen LogP contribution is 2.27. The molecule has 0 radical (unpaired) electrons. The fourth-order valence-corrected chi connectivity index (χ4v) is 2.15. The highest BCUT2D eigenvalue weighted by molar-refractivity contribution is 7.90. The smallest absolute Gasteiger partial charge is 0.106 e. The minimum atomic E-state index is 0.637. The Hall–Kier alpha value is -1.87. The lowest BCUT2D eigenvalue weighted by Crippen LogP contribution is -1.90. The molecular formula is C14H10N2S. The first kappa shape index (κ1) is 10.3. The number of rotatable bonds is 1. The first-order chi connectivity index (χ1) is 8.25. The molecular weight excluding hydrogens is 228 g/mol. The van der Waals surface area contributed by atoms with Crippen LogP contribution in [0.2, 0.25) is 0 Å². The molecule has 2 nitrogen and oxygen atoms in total. The average molecular weight is 238 g/mol. The Morgan fingerprint density at radius 3 is 2.47 bits per heavy atom. The van der Waals surface area contributed by atoms with Crippen molar-refractivity contribution in [1.82, 2.24) is 10.2 Å². The molecule has 0 unspecified atom stereocenters. The van der Waals surface area contributed by atoms with Crippen LogP contribution >= 0.6 is 12.6 Å². The van der Waals surface area contributed by atoms with E-state index in [-0.39, 0.29) is 0 Å². The van der Waals surface area contributed by atoms with Gasteiger partial charge in [0, 0.05) is 15.7 Å². The molecule has 3 heteroatoms. The van der Waals surface area contributed by atoms with Crippen molar-refractivity contribution in [3.8, 4) is 0 Å². The molecule has 0 aliphatic rings. The lowest BCUT2D eigenvalue weighted by atomic mass is 10.0. The zero-order valence-electron chi connectivity index (χ0n) is 9.09. The van der Waals surface area contributed by atoms with Crippen molar-refractivity contribution in [2.45, 2.75) is 0 Å². The summed E-state index contributed by atoms with van der Waals surface area (Å²) in [5.41, 5.74) is 0.747. The van der Waals surface area contributed by atoms with Crippen LogP contribution in [0.1, 0.15) is 5.69 Å². The summed E-state index contributed by atoms with van der Waals surface area (Å²) in [4.78, 5) is 0.637. The van der Waals surface area contributed by atoms with Crippen molar-refractivity contribution < 1.29 is 0 Å². The van der Waals surface area contributed by atoms with Crippen LogP contribution in [0.15, 0.2) is 49.2 Å². The minimum absolute atomic E-state index is 0.637. The molecule has 0 atom stereocenters. The zero-order chi connectivity index (χ0) is 11.8. The quantitative estimate of drug-likeness (QED) is 0.517. The van der Waals surface area contributed by atoms with Gasteiger partial charge in [0.05, 0.1) is 6.20 Å². The molecule has 0 aliphatic carbocycles. The van der Waals surface area contributed by atoms with Crippen LogP contribution in [0.25, 0.3) is 26.5 Å². The lowest BCUT2D eigenvalue weighted by molar-refractivity contribution is 1.04. The lowest BCUT2D eigenvalue weighted by Gasteiger charge is -2.05. The summed E-state index contributed by atoms with van der Waals surface area (Å²) in [7, 11) is 0.